The van der Waals surface area contributed by atoms with Crippen molar-refractivity contribution in [3.63, 3.8) is 0 Å². The van der Waals surface area contributed by atoms with Crippen LogP contribution in [0.3, 0.4) is 0 Å². The van der Waals surface area contributed by atoms with Crippen LogP contribution in [0.25, 0.3) is 0 Å². The van der Waals surface area contributed by atoms with Crippen LogP contribution in [0.1, 0.15) is 24.0 Å². The highest BCUT2D eigenvalue weighted by atomic mass is 31.2. The second-order valence-electron chi connectivity index (χ2n) is 6.58. The monoisotopic (exact) mass is 317 g/mol. The van der Waals surface area contributed by atoms with Gasteiger partial charge in [0, 0.05) is 5.92 Å². The van der Waals surface area contributed by atoms with Gasteiger partial charge < -0.3 is 0 Å². The Morgan fingerprint density at radius 2 is 1.22 bits per heavy atom. The second-order valence-corrected chi connectivity index (χ2v) is 10.2. The standard InChI is InChI=1S/C22H22P/c1-18-16-23(20-11-4-2-5-12-20,21-13-6-3-7-14-21)17-19-10-8-9-15-22(18)19/h2-15,18H,16-17H2,1H3/q+1. The molecule has 1 unspecified atom stereocenters. The molecule has 1 aliphatic rings. The lowest BCUT2D eigenvalue weighted by Gasteiger charge is -2.35. The van der Waals surface area contributed by atoms with Crippen LogP contribution in [0, 0.1) is 0 Å². The normalized spacial score (nSPS) is 19.1. The van der Waals surface area contributed by atoms with Gasteiger partial charge in [0.1, 0.15) is 0 Å². The summed E-state index contributed by atoms with van der Waals surface area (Å²) in [5, 5.41) is 3.10. The summed E-state index contributed by atoms with van der Waals surface area (Å²) in [4.78, 5) is 0. The summed E-state index contributed by atoms with van der Waals surface area (Å²) in [6.45, 7) is 2.40. The Bertz CT molecular complexity index is 753. The molecule has 0 spiro atoms. The van der Waals surface area contributed by atoms with Crippen molar-refractivity contribution in [3.8, 4) is 0 Å². The average molecular weight is 317 g/mol. The molecular weight excluding hydrogens is 295 g/mol. The van der Waals surface area contributed by atoms with Crippen molar-refractivity contribution in [1.29, 1.82) is 0 Å². The van der Waals surface area contributed by atoms with E-state index in [1.54, 1.807) is 21.7 Å². The minimum Gasteiger partial charge on any atom is -0.0620 e. The quantitative estimate of drug-likeness (QED) is 0.585. The fourth-order valence-electron chi connectivity index (χ4n) is 4.05. The first-order chi connectivity index (χ1) is 11.3. The molecule has 4 rings (SSSR count). The maximum Gasteiger partial charge on any atom is 0.0995 e. The fraction of sp³-hybridized carbons (Fsp3) is 0.182. The predicted octanol–water partition coefficient (Wildman–Crippen LogP) is 4.97. The van der Waals surface area contributed by atoms with Gasteiger partial charge in [-0.15, -0.1) is 0 Å². The Kier molecular flexibility index (Phi) is 3.79. The minimum absolute atomic E-state index is 0.619. The summed E-state index contributed by atoms with van der Waals surface area (Å²) in [7, 11) is -1.38. The van der Waals surface area contributed by atoms with Crippen LogP contribution in [0.4, 0.5) is 0 Å². The van der Waals surface area contributed by atoms with Crippen molar-refractivity contribution < 1.29 is 0 Å². The first kappa shape index (κ1) is 14.7. The van der Waals surface area contributed by atoms with E-state index < -0.39 is 7.26 Å². The zero-order valence-electron chi connectivity index (χ0n) is 13.5. The van der Waals surface area contributed by atoms with Gasteiger partial charge in [0.2, 0.25) is 0 Å². The number of rotatable bonds is 2. The first-order valence-corrected chi connectivity index (χ1v) is 10.5. The Morgan fingerprint density at radius 3 is 1.83 bits per heavy atom. The van der Waals surface area contributed by atoms with Gasteiger partial charge in [-0.25, -0.2) is 0 Å². The molecule has 0 fully saturated rings. The molecule has 0 aromatic heterocycles. The molecule has 0 saturated heterocycles. The van der Waals surface area contributed by atoms with Gasteiger partial charge in [0.05, 0.1) is 30.2 Å². The van der Waals surface area contributed by atoms with Gasteiger partial charge in [-0.1, -0.05) is 67.6 Å². The van der Waals surface area contributed by atoms with E-state index in [-0.39, 0.29) is 0 Å². The number of hydrogen-bond acceptors (Lipinski definition) is 0. The molecule has 114 valence electrons. The van der Waals surface area contributed by atoms with E-state index in [1.165, 1.54) is 12.3 Å². The first-order valence-electron chi connectivity index (χ1n) is 8.36. The molecule has 0 N–H and O–H groups in total. The molecule has 0 aliphatic carbocycles. The SMILES string of the molecule is CC1C[P+](c2ccccc2)(c2ccccc2)Cc2ccccc21. The van der Waals surface area contributed by atoms with Gasteiger partial charge in [-0.3, -0.25) is 0 Å². The van der Waals surface area contributed by atoms with Crippen LogP contribution in [0.2, 0.25) is 0 Å². The van der Waals surface area contributed by atoms with Crippen LogP contribution in [0.15, 0.2) is 84.9 Å². The van der Waals surface area contributed by atoms with Gasteiger partial charge in [0.25, 0.3) is 0 Å². The summed E-state index contributed by atoms with van der Waals surface area (Å²) < 4.78 is 0. The Labute approximate surface area is 139 Å². The van der Waals surface area contributed by atoms with Crippen molar-refractivity contribution in [2.45, 2.75) is 19.0 Å². The maximum absolute atomic E-state index is 2.40. The second kappa shape index (κ2) is 5.95. The lowest BCUT2D eigenvalue weighted by atomic mass is 9.98. The minimum atomic E-state index is -1.38. The van der Waals surface area contributed by atoms with E-state index in [0.717, 1.165) is 0 Å². The molecule has 0 bridgehead atoms. The third-order valence-electron chi connectivity index (χ3n) is 5.11. The predicted molar refractivity (Wildman–Crippen MR) is 103 cm³/mol. The Balaban J connectivity index is 1.92. The van der Waals surface area contributed by atoms with Gasteiger partial charge in [-0.2, -0.15) is 0 Å². The van der Waals surface area contributed by atoms with Gasteiger partial charge >= 0.3 is 0 Å². The zero-order chi connectivity index (χ0) is 15.7. The number of fused-ring (bicyclic) bond motifs is 1. The third-order valence-corrected chi connectivity index (χ3v) is 9.74. The van der Waals surface area contributed by atoms with Crippen LogP contribution in [-0.2, 0) is 6.16 Å². The highest BCUT2D eigenvalue weighted by molar-refractivity contribution is 7.89. The van der Waals surface area contributed by atoms with E-state index in [1.807, 2.05) is 0 Å². The topological polar surface area (TPSA) is 0 Å². The number of benzene rings is 3. The molecule has 1 heteroatoms. The Hall–Kier alpha value is -1.91. The molecule has 23 heavy (non-hydrogen) atoms. The molecular formula is C22H22P+. The molecule has 3 aromatic carbocycles. The largest absolute Gasteiger partial charge is 0.0995 e. The van der Waals surface area contributed by atoms with Crippen molar-refractivity contribution in [3.05, 3.63) is 96.1 Å². The van der Waals surface area contributed by atoms with Gasteiger partial charge in [-0.05, 0) is 35.4 Å². The summed E-state index contributed by atoms with van der Waals surface area (Å²) in [5.74, 6) is 0.619. The fourth-order valence-corrected chi connectivity index (χ4v) is 8.75. The van der Waals surface area contributed by atoms with Crippen molar-refractivity contribution in [2.75, 3.05) is 6.16 Å². The van der Waals surface area contributed by atoms with Crippen molar-refractivity contribution >= 4 is 17.9 Å². The van der Waals surface area contributed by atoms with Gasteiger partial charge in [0.15, 0.2) is 0 Å². The summed E-state index contributed by atoms with van der Waals surface area (Å²) >= 11 is 0. The average Bonchev–Trinajstić information content (AvgIpc) is 2.63. The molecule has 0 amide bonds. The molecule has 0 saturated carbocycles. The van der Waals surface area contributed by atoms with Crippen LogP contribution in [-0.4, -0.2) is 6.16 Å². The molecule has 0 nitrogen and oxygen atoms in total. The lowest BCUT2D eigenvalue weighted by molar-refractivity contribution is 0.841. The summed E-state index contributed by atoms with van der Waals surface area (Å²) in [5.41, 5.74) is 3.10. The van der Waals surface area contributed by atoms with Crippen LogP contribution < -0.4 is 10.6 Å². The molecule has 0 radical (unpaired) electrons. The van der Waals surface area contributed by atoms with E-state index >= 15 is 0 Å². The van der Waals surface area contributed by atoms with Crippen LogP contribution >= 0.6 is 7.26 Å². The van der Waals surface area contributed by atoms with Crippen molar-refractivity contribution in [2.24, 2.45) is 0 Å². The maximum atomic E-state index is 2.40. The Morgan fingerprint density at radius 1 is 0.696 bits per heavy atom. The van der Waals surface area contributed by atoms with Crippen LogP contribution in [0.5, 0.6) is 0 Å². The van der Waals surface area contributed by atoms with E-state index in [0.29, 0.717) is 5.92 Å². The lowest BCUT2D eigenvalue weighted by Crippen LogP contribution is -2.31. The zero-order valence-corrected chi connectivity index (χ0v) is 14.4. The number of hydrogen-bond donors (Lipinski definition) is 0. The van der Waals surface area contributed by atoms with E-state index in [9.17, 15) is 0 Å². The molecule has 1 aliphatic heterocycles. The van der Waals surface area contributed by atoms with E-state index in [2.05, 4.69) is 91.9 Å². The molecule has 1 atom stereocenters. The summed E-state index contributed by atoms with van der Waals surface area (Å²) in [6, 6.07) is 31.5. The molecule has 3 aromatic rings. The van der Waals surface area contributed by atoms with Crippen molar-refractivity contribution in [1.82, 2.24) is 0 Å². The third kappa shape index (κ3) is 2.52. The molecule has 1 heterocycles. The highest BCUT2D eigenvalue weighted by Gasteiger charge is 2.47. The van der Waals surface area contributed by atoms with E-state index in [4.69, 9.17) is 0 Å². The smallest absolute Gasteiger partial charge is 0.0620 e. The highest BCUT2D eigenvalue weighted by Crippen LogP contribution is 2.64. The summed E-state index contributed by atoms with van der Waals surface area (Å²) in [6.07, 6.45) is 2.47.